The summed E-state index contributed by atoms with van der Waals surface area (Å²) in [4.78, 5) is 26.5. The van der Waals surface area contributed by atoms with Crippen LogP contribution in [0, 0.1) is 0 Å². The minimum atomic E-state index is -1.17. The monoisotopic (exact) mass is 479 g/mol. The van der Waals surface area contributed by atoms with Crippen molar-refractivity contribution in [1.29, 1.82) is 0 Å². The van der Waals surface area contributed by atoms with Gasteiger partial charge in [-0.2, -0.15) is 0 Å². The fourth-order valence-electron chi connectivity index (χ4n) is 3.53. The lowest BCUT2D eigenvalue weighted by molar-refractivity contribution is -0.113. The highest BCUT2D eigenvalue weighted by atomic mass is 35.5. The molecule has 3 aromatic rings. The Morgan fingerprint density at radius 3 is 2.36 bits per heavy atom. The number of carboxylic acid groups (broad SMARTS) is 1. The second-order valence-electron chi connectivity index (χ2n) is 7.25. The van der Waals surface area contributed by atoms with Crippen molar-refractivity contribution in [2.24, 2.45) is 0 Å². The lowest BCUT2D eigenvalue weighted by atomic mass is 10.1. The van der Waals surface area contributed by atoms with Crippen LogP contribution >= 0.6 is 23.2 Å². The summed E-state index contributed by atoms with van der Waals surface area (Å²) in [6.07, 6.45) is 3.55. The van der Waals surface area contributed by atoms with Crippen molar-refractivity contribution in [2.45, 2.75) is 6.92 Å². The Morgan fingerprint density at radius 2 is 1.73 bits per heavy atom. The van der Waals surface area contributed by atoms with E-state index in [1.807, 2.05) is 43.3 Å². The maximum absolute atomic E-state index is 13.5. The number of ether oxygens (including phenoxy) is 1. The molecule has 0 unspecified atom stereocenters. The highest BCUT2D eigenvalue weighted by Gasteiger charge is 2.31. The van der Waals surface area contributed by atoms with Crippen LogP contribution in [0.5, 0.6) is 5.75 Å². The molecule has 0 aromatic heterocycles. The molecule has 1 heterocycles. The lowest BCUT2D eigenvalue weighted by Gasteiger charge is -2.21. The summed E-state index contributed by atoms with van der Waals surface area (Å²) in [5, 5.41) is 10.1. The number of hydrogen-bond acceptors (Lipinski definition) is 3. The summed E-state index contributed by atoms with van der Waals surface area (Å²) in [6.45, 7) is 2.48. The number of carboxylic acids is 1. The van der Waals surface area contributed by atoms with E-state index >= 15 is 0 Å². The molecule has 0 atom stereocenters. The van der Waals surface area contributed by atoms with Gasteiger partial charge in [0, 0.05) is 10.6 Å². The Labute approximate surface area is 201 Å². The van der Waals surface area contributed by atoms with E-state index in [1.54, 1.807) is 30.4 Å². The zero-order valence-corrected chi connectivity index (χ0v) is 19.1. The molecule has 5 nitrogen and oxygen atoms in total. The van der Waals surface area contributed by atoms with Gasteiger partial charge >= 0.3 is 5.97 Å². The summed E-state index contributed by atoms with van der Waals surface area (Å²) < 4.78 is 5.47. The van der Waals surface area contributed by atoms with Crippen LogP contribution in [0.3, 0.4) is 0 Å². The minimum absolute atomic E-state index is 0.0821. The van der Waals surface area contributed by atoms with Gasteiger partial charge in [0.2, 0.25) is 0 Å². The van der Waals surface area contributed by atoms with E-state index in [4.69, 9.17) is 27.9 Å². The normalized spacial score (nSPS) is 14.5. The number of amides is 1. The van der Waals surface area contributed by atoms with E-state index in [1.165, 1.54) is 17.0 Å². The summed E-state index contributed by atoms with van der Waals surface area (Å²) >= 11 is 12.1. The van der Waals surface area contributed by atoms with Gasteiger partial charge in [-0.1, -0.05) is 47.5 Å². The van der Waals surface area contributed by atoms with Gasteiger partial charge in [0.25, 0.3) is 5.91 Å². The van der Waals surface area contributed by atoms with Gasteiger partial charge in [-0.15, -0.1) is 0 Å². The van der Waals surface area contributed by atoms with E-state index in [-0.39, 0.29) is 16.5 Å². The second kappa shape index (κ2) is 9.53. The van der Waals surface area contributed by atoms with Gasteiger partial charge < -0.3 is 9.84 Å². The third-order valence-corrected chi connectivity index (χ3v) is 5.66. The van der Waals surface area contributed by atoms with Gasteiger partial charge in [0.05, 0.1) is 28.6 Å². The van der Waals surface area contributed by atoms with Crippen molar-refractivity contribution >= 4 is 52.5 Å². The largest absolute Gasteiger partial charge is 0.494 e. The molecule has 7 heteroatoms. The molecule has 1 aliphatic rings. The Morgan fingerprint density at radius 1 is 1.03 bits per heavy atom. The molecule has 33 heavy (non-hydrogen) atoms. The standard InChI is InChI=1S/C26H19Cl2NO4/c1-2-33-21-10-3-16(4-11-21)13-18-14-24(17-5-7-19(27)8-6-17)29(25(18)30)20-9-12-23(28)22(15-20)26(31)32/h3-15H,2H2,1H3,(H,31,32)/b18-13+. The number of anilines is 1. The Kier molecular flexibility index (Phi) is 6.54. The summed E-state index contributed by atoms with van der Waals surface area (Å²) in [6, 6.07) is 19.0. The van der Waals surface area contributed by atoms with Gasteiger partial charge in [0.1, 0.15) is 5.75 Å². The van der Waals surface area contributed by atoms with Crippen LogP contribution in [-0.4, -0.2) is 23.6 Å². The zero-order valence-electron chi connectivity index (χ0n) is 17.6. The highest BCUT2D eigenvalue weighted by Crippen LogP contribution is 2.37. The fourth-order valence-corrected chi connectivity index (χ4v) is 3.85. The predicted octanol–water partition coefficient (Wildman–Crippen LogP) is 6.56. The number of nitrogens with zero attached hydrogens (tertiary/aromatic N) is 1. The molecule has 0 aliphatic carbocycles. The number of benzene rings is 3. The first kappa shape index (κ1) is 22.6. The van der Waals surface area contributed by atoms with E-state index in [0.717, 1.165) is 16.9 Å². The molecule has 166 valence electrons. The maximum atomic E-state index is 13.5. The fraction of sp³-hybridized carbons (Fsp3) is 0.0769. The smallest absolute Gasteiger partial charge is 0.337 e. The SMILES string of the molecule is CCOc1ccc(/C=C2\C=C(c3ccc(Cl)cc3)N(c3ccc(Cl)c(C(=O)O)c3)C2=O)cc1. The average Bonchev–Trinajstić information content (AvgIpc) is 3.12. The third-order valence-electron chi connectivity index (χ3n) is 5.07. The summed E-state index contributed by atoms with van der Waals surface area (Å²) in [5.41, 5.74) is 2.97. The topological polar surface area (TPSA) is 66.8 Å². The van der Waals surface area contributed by atoms with Crippen LogP contribution in [0.15, 0.2) is 78.4 Å². The van der Waals surface area contributed by atoms with Crippen molar-refractivity contribution in [1.82, 2.24) is 0 Å². The van der Waals surface area contributed by atoms with Crippen molar-refractivity contribution < 1.29 is 19.4 Å². The molecule has 3 aromatic carbocycles. The number of carbonyl (C=O) groups excluding carboxylic acids is 1. The van der Waals surface area contributed by atoms with Crippen molar-refractivity contribution in [2.75, 3.05) is 11.5 Å². The van der Waals surface area contributed by atoms with Crippen LogP contribution in [0.25, 0.3) is 11.8 Å². The van der Waals surface area contributed by atoms with Crippen molar-refractivity contribution in [3.63, 3.8) is 0 Å². The third kappa shape index (κ3) is 4.80. The molecular weight excluding hydrogens is 461 g/mol. The van der Waals surface area contributed by atoms with E-state index in [9.17, 15) is 14.7 Å². The van der Waals surface area contributed by atoms with E-state index < -0.39 is 5.97 Å². The molecule has 0 bridgehead atoms. The van der Waals surface area contributed by atoms with Crippen LogP contribution in [0.1, 0.15) is 28.4 Å². The number of carbonyl (C=O) groups is 2. The molecule has 1 N–H and O–H groups in total. The first-order chi connectivity index (χ1) is 15.9. The summed E-state index contributed by atoms with van der Waals surface area (Å²) in [7, 11) is 0. The van der Waals surface area contributed by atoms with Crippen molar-refractivity contribution in [3.05, 3.63) is 105 Å². The first-order valence-corrected chi connectivity index (χ1v) is 10.9. The van der Waals surface area contributed by atoms with Crippen molar-refractivity contribution in [3.8, 4) is 5.75 Å². The van der Waals surface area contributed by atoms with E-state index in [2.05, 4.69) is 0 Å². The lowest BCUT2D eigenvalue weighted by Crippen LogP contribution is -2.25. The highest BCUT2D eigenvalue weighted by molar-refractivity contribution is 6.34. The molecule has 0 saturated heterocycles. The molecule has 0 radical (unpaired) electrons. The van der Waals surface area contributed by atoms with Gasteiger partial charge in [-0.05, 0) is 72.7 Å². The molecule has 0 saturated carbocycles. The van der Waals surface area contributed by atoms with E-state index in [0.29, 0.717) is 28.6 Å². The second-order valence-corrected chi connectivity index (χ2v) is 8.09. The molecule has 1 amide bonds. The number of hydrogen-bond donors (Lipinski definition) is 1. The quantitative estimate of drug-likeness (QED) is 0.406. The molecule has 1 aliphatic heterocycles. The van der Waals surface area contributed by atoms with Gasteiger partial charge in [0.15, 0.2) is 0 Å². The number of halogens is 2. The molecule has 0 spiro atoms. The Bertz CT molecular complexity index is 1280. The zero-order chi connectivity index (χ0) is 23.5. The number of aromatic carboxylic acids is 1. The van der Waals surface area contributed by atoms with Gasteiger partial charge in [-0.25, -0.2) is 4.79 Å². The van der Waals surface area contributed by atoms with Crippen LogP contribution in [-0.2, 0) is 4.79 Å². The number of rotatable bonds is 6. The molecule has 4 rings (SSSR count). The Hall–Kier alpha value is -3.54. The van der Waals surface area contributed by atoms with Crippen LogP contribution in [0.4, 0.5) is 5.69 Å². The molecule has 0 fully saturated rings. The summed E-state index contributed by atoms with van der Waals surface area (Å²) in [5.74, 6) is -0.707. The van der Waals surface area contributed by atoms with Crippen LogP contribution < -0.4 is 9.64 Å². The average molecular weight is 480 g/mol. The Balaban J connectivity index is 1.79. The maximum Gasteiger partial charge on any atom is 0.337 e. The van der Waals surface area contributed by atoms with Crippen LogP contribution in [0.2, 0.25) is 10.0 Å². The first-order valence-electron chi connectivity index (χ1n) is 10.2. The predicted molar refractivity (Wildman–Crippen MR) is 131 cm³/mol. The van der Waals surface area contributed by atoms with Gasteiger partial charge in [-0.3, -0.25) is 9.69 Å². The molecular formula is C26H19Cl2NO4. The minimum Gasteiger partial charge on any atom is -0.494 e.